The molecule has 1 heterocycles. The predicted octanol–water partition coefficient (Wildman–Crippen LogP) is 0.340. The molecule has 1 aliphatic rings. The van der Waals surface area contributed by atoms with Gasteiger partial charge in [0.1, 0.15) is 0 Å². The number of methoxy groups -OCH3 is 1. The van der Waals surface area contributed by atoms with Crippen LogP contribution in [0.3, 0.4) is 0 Å². The van der Waals surface area contributed by atoms with Gasteiger partial charge in [0.2, 0.25) is 5.96 Å². The first kappa shape index (κ1) is 15.2. The Morgan fingerprint density at radius 3 is 2.83 bits per heavy atom. The van der Waals surface area contributed by atoms with E-state index in [1.165, 1.54) is 0 Å². The van der Waals surface area contributed by atoms with E-state index in [1.54, 1.807) is 7.11 Å². The van der Waals surface area contributed by atoms with Gasteiger partial charge in [0.15, 0.2) is 0 Å². The molecule has 18 heavy (non-hydrogen) atoms. The number of ether oxygens (including phenoxy) is 2. The summed E-state index contributed by atoms with van der Waals surface area (Å²) >= 11 is 0. The van der Waals surface area contributed by atoms with Crippen molar-refractivity contribution in [1.29, 1.82) is 0 Å². The molecule has 0 aliphatic carbocycles. The topological polar surface area (TPSA) is 72.1 Å². The van der Waals surface area contributed by atoms with Crippen LogP contribution < -0.4 is 11.3 Å². The molecule has 0 bridgehead atoms. The lowest BCUT2D eigenvalue weighted by atomic mass is 10.1. The van der Waals surface area contributed by atoms with Crippen LogP contribution >= 0.6 is 0 Å². The van der Waals surface area contributed by atoms with Gasteiger partial charge in [-0.2, -0.15) is 0 Å². The van der Waals surface area contributed by atoms with Crippen LogP contribution in [0.2, 0.25) is 0 Å². The molecular weight excluding hydrogens is 232 g/mol. The Balaban J connectivity index is 2.75. The summed E-state index contributed by atoms with van der Waals surface area (Å²) < 4.78 is 10.9. The molecule has 106 valence electrons. The van der Waals surface area contributed by atoms with Crippen LogP contribution in [0.4, 0.5) is 0 Å². The zero-order valence-corrected chi connectivity index (χ0v) is 12.1. The SMILES string of the molecule is COCC(C)N=C(NN)N1CC(C)OC(C)(C)C1. The van der Waals surface area contributed by atoms with Gasteiger partial charge >= 0.3 is 0 Å². The summed E-state index contributed by atoms with van der Waals surface area (Å²) in [5.41, 5.74) is 2.49. The molecule has 0 radical (unpaired) electrons. The van der Waals surface area contributed by atoms with Crippen molar-refractivity contribution in [3.8, 4) is 0 Å². The maximum Gasteiger partial charge on any atom is 0.208 e. The Hall–Kier alpha value is -0.850. The van der Waals surface area contributed by atoms with E-state index in [0.29, 0.717) is 12.6 Å². The number of hydrogen-bond acceptors (Lipinski definition) is 4. The monoisotopic (exact) mass is 258 g/mol. The Morgan fingerprint density at radius 1 is 1.67 bits per heavy atom. The van der Waals surface area contributed by atoms with Gasteiger partial charge in [0.25, 0.3) is 0 Å². The Kier molecular flexibility index (Phi) is 5.37. The molecular formula is C12H26N4O2. The van der Waals surface area contributed by atoms with Crippen molar-refractivity contribution in [3.05, 3.63) is 0 Å². The van der Waals surface area contributed by atoms with Gasteiger partial charge in [-0.15, -0.1) is 0 Å². The zero-order chi connectivity index (χ0) is 13.8. The highest BCUT2D eigenvalue weighted by Gasteiger charge is 2.32. The molecule has 0 amide bonds. The van der Waals surface area contributed by atoms with Gasteiger partial charge in [0, 0.05) is 20.2 Å². The van der Waals surface area contributed by atoms with E-state index in [4.69, 9.17) is 15.3 Å². The van der Waals surface area contributed by atoms with Crippen molar-refractivity contribution in [3.63, 3.8) is 0 Å². The van der Waals surface area contributed by atoms with E-state index in [9.17, 15) is 0 Å². The second-order valence-electron chi connectivity index (χ2n) is 5.47. The lowest BCUT2D eigenvalue weighted by Crippen LogP contribution is -2.58. The van der Waals surface area contributed by atoms with E-state index in [-0.39, 0.29) is 17.7 Å². The number of guanidine groups is 1. The van der Waals surface area contributed by atoms with E-state index in [1.807, 2.05) is 6.92 Å². The molecule has 0 spiro atoms. The third-order valence-corrected chi connectivity index (χ3v) is 2.75. The minimum absolute atomic E-state index is 0.0716. The Labute approximate surface area is 109 Å². The van der Waals surface area contributed by atoms with Crippen LogP contribution in [0.5, 0.6) is 0 Å². The average Bonchev–Trinajstić information content (AvgIpc) is 2.23. The molecule has 1 fully saturated rings. The molecule has 2 atom stereocenters. The summed E-state index contributed by atoms with van der Waals surface area (Å²) in [5.74, 6) is 6.28. The molecule has 0 saturated carbocycles. The highest BCUT2D eigenvalue weighted by molar-refractivity contribution is 5.79. The van der Waals surface area contributed by atoms with Crippen molar-refractivity contribution >= 4 is 5.96 Å². The quantitative estimate of drug-likeness (QED) is 0.330. The first-order valence-corrected chi connectivity index (χ1v) is 6.34. The van der Waals surface area contributed by atoms with E-state index < -0.39 is 0 Å². The smallest absolute Gasteiger partial charge is 0.208 e. The van der Waals surface area contributed by atoms with Crippen molar-refractivity contribution in [1.82, 2.24) is 10.3 Å². The predicted molar refractivity (Wildman–Crippen MR) is 72.3 cm³/mol. The first-order valence-electron chi connectivity index (χ1n) is 6.34. The molecule has 1 rings (SSSR count). The fraction of sp³-hybridized carbons (Fsp3) is 0.917. The third kappa shape index (κ3) is 4.44. The molecule has 0 aromatic carbocycles. The number of rotatable bonds is 3. The van der Waals surface area contributed by atoms with Gasteiger partial charge in [-0.05, 0) is 27.7 Å². The van der Waals surface area contributed by atoms with E-state index in [0.717, 1.165) is 13.1 Å². The molecule has 0 aromatic heterocycles. The minimum Gasteiger partial charge on any atom is -0.382 e. The second kappa shape index (κ2) is 6.36. The third-order valence-electron chi connectivity index (χ3n) is 2.75. The number of hydrazine groups is 1. The number of nitrogens with zero attached hydrogens (tertiary/aromatic N) is 2. The van der Waals surface area contributed by atoms with Gasteiger partial charge < -0.3 is 14.4 Å². The minimum atomic E-state index is -0.195. The van der Waals surface area contributed by atoms with Gasteiger partial charge in [0.05, 0.1) is 24.4 Å². The summed E-state index contributed by atoms with van der Waals surface area (Å²) in [6, 6.07) is 0.0716. The highest BCUT2D eigenvalue weighted by atomic mass is 16.5. The normalized spacial score (nSPS) is 26.0. The maximum absolute atomic E-state index is 5.86. The van der Waals surface area contributed by atoms with Gasteiger partial charge in [-0.1, -0.05) is 0 Å². The second-order valence-corrected chi connectivity index (χ2v) is 5.47. The zero-order valence-electron chi connectivity index (χ0n) is 12.1. The van der Waals surface area contributed by atoms with Crippen LogP contribution in [-0.2, 0) is 9.47 Å². The Bertz CT molecular complexity index is 294. The number of hydrogen-bond donors (Lipinski definition) is 2. The molecule has 3 N–H and O–H groups in total. The molecule has 6 heteroatoms. The standard InChI is InChI=1S/C12H26N4O2/c1-9(7-17-5)14-11(15-13)16-6-10(2)18-12(3,4)8-16/h9-10H,6-8,13H2,1-5H3,(H,14,15). The van der Waals surface area contributed by atoms with E-state index in [2.05, 4.69) is 36.1 Å². The molecule has 2 unspecified atom stereocenters. The number of nitrogens with two attached hydrogens (primary N) is 1. The first-order chi connectivity index (χ1) is 8.38. The summed E-state index contributed by atoms with van der Waals surface area (Å²) in [6.45, 7) is 10.3. The van der Waals surface area contributed by atoms with Crippen molar-refractivity contribution in [2.75, 3.05) is 26.8 Å². The summed E-state index contributed by atoms with van der Waals surface area (Å²) in [6.07, 6.45) is 0.157. The summed E-state index contributed by atoms with van der Waals surface area (Å²) in [7, 11) is 1.67. The van der Waals surface area contributed by atoms with Crippen LogP contribution in [-0.4, -0.2) is 55.4 Å². The van der Waals surface area contributed by atoms with Crippen molar-refractivity contribution in [2.45, 2.75) is 45.4 Å². The van der Waals surface area contributed by atoms with Gasteiger partial charge in [-0.25, -0.2) is 10.8 Å². The van der Waals surface area contributed by atoms with Crippen LogP contribution in [0.1, 0.15) is 27.7 Å². The molecule has 6 nitrogen and oxygen atoms in total. The molecule has 0 aromatic rings. The number of morpholine rings is 1. The fourth-order valence-electron chi connectivity index (χ4n) is 2.31. The summed E-state index contributed by atoms with van der Waals surface area (Å²) in [5, 5.41) is 0. The summed E-state index contributed by atoms with van der Waals surface area (Å²) in [4.78, 5) is 6.66. The average molecular weight is 258 g/mol. The molecule has 1 aliphatic heterocycles. The maximum atomic E-state index is 5.86. The lowest BCUT2D eigenvalue weighted by Gasteiger charge is -2.42. The fourth-order valence-corrected chi connectivity index (χ4v) is 2.31. The largest absolute Gasteiger partial charge is 0.382 e. The number of aliphatic imine (C=N–C) groups is 1. The van der Waals surface area contributed by atoms with Crippen LogP contribution in [0.15, 0.2) is 4.99 Å². The van der Waals surface area contributed by atoms with E-state index >= 15 is 0 Å². The molecule has 1 saturated heterocycles. The highest BCUT2D eigenvalue weighted by Crippen LogP contribution is 2.20. The van der Waals surface area contributed by atoms with Crippen molar-refractivity contribution in [2.24, 2.45) is 10.8 Å². The Morgan fingerprint density at radius 2 is 2.33 bits per heavy atom. The lowest BCUT2D eigenvalue weighted by molar-refractivity contribution is -0.113. The number of nitrogens with one attached hydrogen (secondary N) is 1. The van der Waals surface area contributed by atoms with Gasteiger partial charge in [-0.3, -0.25) is 5.43 Å². The van der Waals surface area contributed by atoms with Crippen LogP contribution in [0, 0.1) is 0 Å². The van der Waals surface area contributed by atoms with Crippen LogP contribution in [0.25, 0.3) is 0 Å². The van der Waals surface area contributed by atoms with Crippen molar-refractivity contribution < 1.29 is 9.47 Å².